The zero-order valence-corrected chi connectivity index (χ0v) is 22.9. The smallest absolute Gasteiger partial charge is 0.306 e. The van der Waals surface area contributed by atoms with Gasteiger partial charge >= 0.3 is 5.97 Å². The summed E-state index contributed by atoms with van der Waals surface area (Å²) in [6.07, 6.45) is 4.12. The Bertz CT molecular complexity index is 1210. The second-order valence-electron chi connectivity index (χ2n) is 9.14. The molecule has 0 aromatic heterocycles. The van der Waals surface area contributed by atoms with Crippen molar-refractivity contribution >= 4 is 17.7 Å². The molecule has 0 saturated carbocycles. The lowest BCUT2D eigenvalue weighted by molar-refractivity contribution is -0.139. The van der Waals surface area contributed by atoms with E-state index in [1.54, 1.807) is 7.11 Å². The molecule has 4 rings (SSSR count). The molecule has 4 nitrogen and oxygen atoms in total. The first-order valence-corrected chi connectivity index (χ1v) is 14.0. The lowest BCUT2D eigenvalue weighted by Crippen LogP contribution is -2.26. The van der Waals surface area contributed by atoms with Gasteiger partial charge in [-0.2, -0.15) is 0 Å². The number of methoxy groups -OCH3 is 1. The van der Waals surface area contributed by atoms with E-state index in [4.69, 9.17) is 9.47 Å². The van der Waals surface area contributed by atoms with Crippen molar-refractivity contribution in [2.75, 3.05) is 12.9 Å². The average molecular weight is 539 g/mol. The number of thioether (sulfide) groups is 1. The van der Waals surface area contributed by atoms with E-state index in [1.807, 2.05) is 66.4 Å². The van der Waals surface area contributed by atoms with Crippen LogP contribution in [0.15, 0.2) is 127 Å². The quantitative estimate of drug-likeness (QED) is 0.101. The molecule has 1 atom stereocenters. The summed E-state index contributed by atoms with van der Waals surface area (Å²) in [5.74, 6) is 0.730. The number of hydrogen-bond acceptors (Lipinski definition) is 4. The molecule has 0 bridgehead atoms. The predicted octanol–water partition coefficient (Wildman–Crippen LogP) is 7.73. The summed E-state index contributed by atoms with van der Waals surface area (Å²) in [7, 11) is 1.63. The van der Waals surface area contributed by atoms with Gasteiger partial charge in [-0.15, -0.1) is 11.8 Å². The zero-order valence-electron chi connectivity index (χ0n) is 22.1. The van der Waals surface area contributed by atoms with E-state index in [1.165, 1.54) is 16.7 Å². The molecule has 0 aliphatic rings. The fourth-order valence-corrected chi connectivity index (χ4v) is 6.04. The number of hydrogen-bond donors (Lipinski definition) is 1. The molecule has 4 aromatic rings. The van der Waals surface area contributed by atoms with Gasteiger partial charge in [0, 0.05) is 0 Å². The number of allylic oxidation sites excluding steroid dienone is 1. The number of aliphatic carboxylic acids is 1. The number of carboxylic acid groups (broad SMARTS) is 1. The molecule has 4 aromatic carbocycles. The first-order chi connectivity index (χ1) is 19.1. The highest BCUT2D eigenvalue weighted by Crippen LogP contribution is 2.48. The van der Waals surface area contributed by atoms with Crippen molar-refractivity contribution in [2.24, 2.45) is 0 Å². The molecule has 0 radical (unpaired) electrons. The van der Waals surface area contributed by atoms with Crippen molar-refractivity contribution in [1.82, 2.24) is 0 Å². The molecule has 0 aliphatic heterocycles. The van der Waals surface area contributed by atoms with Gasteiger partial charge in [-0.3, -0.25) is 4.79 Å². The first kappa shape index (κ1) is 28.2. The fraction of sp³-hybridized carbons (Fsp3) is 0.206. The average Bonchev–Trinajstić information content (AvgIpc) is 2.99. The second-order valence-corrected chi connectivity index (χ2v) is 10.4. The van der Waals surface area contributed by atoms with Gasteiger partial charge in [0.15, 0.2) is 0 Å². The van der Waals surface area contributed by atoms with Crippen LogP contribution in [0.3, 0.4) is 0 Å². The number of ether oxygens (including phenoxy) is 2. The normalized spacial score (nSPS) is 12.3. The monoisotopic (exact) mass is 538 g/mol. The van der Waals surface area contributed by atoms with Crippen LogP contribution in [0.2, 0.25) is 0 Å². The van der Waals surface area contributed by atoms with E-state index >= 15 is 0 Å². The minimum absolute atomic E-state index is 0.0816. The Morgan fingerprint density at radius 2 is 1.33 bits per heavy atom. The van der Waals surface area contributed by atoms with Crippen molar-refractivity contribution in [1.29, 1.82) is 0 Å². The van der Waals surface area contributed by atoms with Gasteiger partial charge in [0.1, 0.15) is 5.75 Å². The topological polar surface area (TPSA) is 55.8 Å². The minimum Gasteiger partial charge on any atom is -0.497 e. The van der Waals surface area contributed by atoms with Crippen molar-refractivity contribution < 1.29 is 19.4 Å². The van der Waals surface area contributed by atoms with E-state index in [0.717, 1.165) is 23.5 Å². The molecular formula is C34H34O4S. The fourth-order valence-electron chi connectivity index (χ4n) is 4.58. The van der Waals surface area contributed by atoms with Crippen LogP contribution >= 0.6 is 11.8 Å². The summed E-state index contributed by atoms with van der Waals surface area (Å²) in [6.45, 7) is 0.333. The summed E-state index contributed by atoms with van der Waals surface area (Å²) in [6, 6.07) is 39.4. The van der Waals surface area contributed by atoms with Gasteiger partial charge in [0.05, 0.1) is 31.0 Å². The van der Waals surface area contributed by atoms with E-state index in [2.05, 4.69) is 72.8 Å². The molecule has 5 heteroatoms. The Labute approximate surface area is 235 Å². The predicted molar refractivity (Wildman–Crippen MR) is 159 cm³/mol. The largest absolute Gasteiger partial charge is 0.497 e. The number of carboxylic acids is 1. The molecule has 0 unspecified atom stereocenters. The van der Waals surface area contributed by atoms with Crippen LogP contribution in [-0.4, -0.2) is 30.0 Å². The number of carbonyl (C=O) groups is 1. The van der Waals surface area contributed by atoms with E-state index in [0.29, 0.717) is 6.61 Å². The molecule has 0 spiro atoms. The Kier molecular flexibility index (Phi) is 10.4. The molecule has 0 amide bonds. The first-order valence-electron chi connectivity index (χ1n) is 13.1. The molecule has 200 valence electrons. The lowest BCUT2D eigenvalue weighted by Gasteiger charge is -2.35. The minimum atomic E-state index is -0.884. The molecular weight excluding hydrogens is 504 g/mol. The molecule has 0 heterocycles. The van der Waals surface area contributed by atoms with Crippen molar-refractivity contribution in [3.8, 4) is 5.75 Å². The van der Waals surface area contributed by atoms with Crippen LogP contribution in [0.4, 0.5) is 0 Å². The van der Waals surface area contributed by atoms with Crippen LogP contribution in [0.5, 0.6) is 5.75 Å². The van der Waals surface area contributed by atoms with Gasteiger partial charge < -0.3 is 14.6 Å². The number of benzene rings is 4. The van der Waals surface area contributed by atoms with Gasteiger partial charge in [-0.05, 0) is 46.6 Å². The SMILES string of the molecule is COc1ccc(CO[C@H](/C=C/CCSC(c2ccccc2)(c2ccccc2)c2ccccc2)CC(=O)O)cc1. The summed E-state index contributed by atoms with van der Waals surface area (Å²) < 4.78 is 10.8. The zero-order chi connectivity index (χ0) is 27.3. The molecule has 0 aliphatic carbocycles. The van der Waals surface area contributed by atoms with Crippen molar-refractivity contribution in [2.45, 2.75) is 30.3 Å². The van der Waals surface area contributed by atoms with Crippen LogP contribution in [0, 0.1) is 0 Å². The standard InChI is InChI=1S/C34H34O4S/c1-37-31-22-20-27(21-23-31)26-38-32(25-33(35)36)19-11-12-24-39-34(28-13-5-2-6-14-28,29-15-7-3-8-16-29)30-17-9-4-10-18-30/h2-11,13-23,32H,12,24-26H2,1H3,(H,35,36)/b19-11+/t32-/m1/s1. The molecule has 39 heavy (non-hydrogen) atoms. The Hall–Kier alpha value is -3.80. The van der Waals surface area contributed by atoms with Gasteiger partial charge in [0.25, 0.3) is 0 Å². The Balaban J connectivity index is 1.49. The summed E-state index contributed by atoms with van der Waals surface area (Å²) in [4.78, 5) is 11.5. The number of rotatable bonds is 14. The van der Waals surface area contributed by atoms with Gasteiger partial charge in [-0.25, -0.2) is 0 Å². The van der Waals surface area contributed by atoms with Crippen molar-refractivity contribution in [3.05, 3.63) is 150 Å². The molecule has 1 N–H and O–H groups in total. The third-order valence-corrected chi connectivity index (χ3v) is 8.07. The lowest BCUT2D eigenvalue weighted by atomic mass is 9.84. The van der Waals surface area contributed by atoms with Crippen LogP contribution in [-0.2, 0) is 20.9 Å². The maximum absolute atomic E-state index is 11.5. The molecule has 0 saturated heterocycles. The highest BCUT2D eigenvalue weighted by molar-refractivity contribution is 8.00. The highest BCUT2D eigenvalue weighted by atomic mass is 32.2. The summed E-state index contributed by atoms with van der Waals surface area (Å²) in [5, 5.41) is 9.40. The van der Waals surface area contributed by atoms with Crippen LogP contribution in [0.1, 0.15) is 35.1 Å². The maximum Gasteiger partial charge on any atom is 0.306 e. The Morgan fingerprint density at radius 3 is 1.79 bits per heavy atom. The summed E-state index contributed by atoms with van der Waals surface area (Å²) in [5.41, 5.74) is 4.64. The summed E-state index contributed by atoms with van der Waals surface area (Å²) >= 11 is 1.89. The van der Waals surface area contributed by atoms with Crippen LogP contribution in [0.25, 0.3) is 0 Å². The van der Waals surface area contributed by atoms with Crippen molar-refractivity contribution in [3.63, 3.8) is 0 Å². The van der Waals surface area contributed by atoms with E-state index < -0.39 is 12.1 Å². The third-order valence-electron chi connectivity index (χ3n) is 6.49. The van der Waals surface area contributed by atoms with E-state index in [9.17, 15) is 9.90 Å². The van der Waals surface area contributed by atoms with E-state index in [-0.39, 0.29) is 11.2 Å². The highest BCUT2D eigenvalue weighted by Gasteiger charge is 2.36. The molecule has 0 fully saturated rings. The third kappa shape index (κ3) is 7.62. The van der Waals surface area contributed by atoms with Gasteiger partial charge in [-0.1, -0.05) is 115 Å². The second kappa shape index (κ2) is 14.4. The van der Waals surface area contributed by atoms with Gasteiger partial charge in [0.2, 0.25) is 0 Å². The van der Waals surface area contributed by atoms with Crippen LogP contribution < -0.4 is 4.74 Å². The Morgan fingerprint density at radius 1 is 0.821 bits per heavy atom. The maximum atomic E-state index is 11.5.